The van der Waals surface area contributed by atoms with Gasteiger partial charge in [0, 0.05) is 43.5 Å². The monoisotopic (exact) mass is 407 g/mol. The van der Waals surface area contributed by atoms with Gasteiger partial charge in [-0.15, -0.1) is 0 Å². The number of carbonyl (C=O) groups is 1. The molecule has 2 atom stereocenters. The zero-order valence-electron chi connectivity index (χ0n) is 17.9. The van der Waals surface area contributed by atoms with Gasteiger partial charge in [-0.05, 0) is 43.9 Å². The number of anilines is 1. The third-order valence-corrected chi connectivity index (χ3v) is 7.34. The number of likely N-dealkylation sites (N-methyl/N-ethyl adjacent to an activating group) is 1. The summed E-state index contributed by atoms with van der Waals surface area (Å²) in [6.07, 6.45) is 9.70. The molecule has 2 aliphatic heterocycles. The number of amides is 1. The molecule has 3 heterocycles. The number of hydrogen-bond acceptors (Lipinski definition) is 4. The van der Waals surface area contributed by atoms with Crippen molar-refractivity contribution in [1.82, 2.24) is 19.8 Å². The van der Waals surface area contributed by atoms with Crippen LogP contribution in [-0.4, -0.2) is 46.5 Å². The molecular weight excluding hydrogens is 374 g/mol. The fourth-order valence-corrected chi connectivity index (χ4v) is 5.62. The van der Waals surface area contributed by atoms with E-state index < -0.39 is 0 Å². The first-order valence-corrected chi connectivity index (χ1v) is 11.6. The molecule has 1 amide bonds. The number of aromatic nitrogens is 2. The van der Waals surface area contributed by atoms with E-state index in [2.05, 4.69) is 56.4 Å². The van der Waals surface area contributed by atoms with Crippen molar-refractivity contribution in [1.29, 1.82) is 0 Å². The summed E-state index contributed by atoms with van der Waals surface area (Å²) in [6.45, 7) is 3.41. The minimum absolute atomic E-state index is 0.0481. The molecule has 1 aromatic heterocycles. The van der Waals surface area contributed by atoms with Crippen molar-refractivity contribution in [3.05, 3.63) is 47.5 Å². The Hall–Kier alpha value is -2.34. The minimum atomic E-state index is -0.0481. The summed E-state index contributed by atoms with van der Waals surface area (Å²) in [6, 6.07) is 9.03. The third-order valence-electron chi connectivity index (χ3n) is 7.34. The van der Waals surface area contributed by atoms with Crippen molar-refractivity contribution in [2.45, 2.75) is 63.6 Å². The Morgan fingerprint density at radius 2 is 2.07 bits per heavy atom. The first-order valence-electron chi connectivity index (χ1n) is 11.6. The minimum Gasteiger partial charge on any atom is -0.384 e. The van der Waals surface area contributed by atoms with Gasteiger partial charge in [0.05, 0.1) is 6.54 Å². The summed E-state index contributed by atoms with van der Waals surface area (Å²) in [5.74, 6) is 2.21. The summed E-state index contributed by atoms with van der Waals surface area (Å²) in [5, 5.41) is 6.55. The van der Waals surface area contributed by atoms with Crippen LogP contribution in [-0.2, 0) is 13.1 Å². The Bertz CT molecular complexity index is 901. The van der Waals surface area contributed by atoms with Crippen LogP contribution >= 0.6 is 0 Å². The highest BCUT2D eigenvalue weighted by atomic mass is 16.1. The molecule has 30 heavy (non-hydrogen) atoms. The van der Waals surface area contributed by atoms with Crippen molar-refractivity contribution in [3.63, 3.8) is 0 Å². The highest BCUT2D eigenvalue weighted by Gasteiger charge is 2.32. The quantitative estimate of drug-likeness (QED) is 0.795. The summed E-state index contributed by atoms with van der Waals surface area (Å²) in [7, 11) is 2.21. The Balaban J connectivity index is 1.18. The van der Waals surface area contributed by atoms with E-state index in [0.29, 0.717) is 24.2 Å². The number of benzene rings is 1. The van der Waals surface area contributed by atoms with Crippen LogP contribution in [0.3, 0.4) is 0 Å². The number of fused-ring (bicyclic) bond motifs is 2. The highest BCUT2D eigenvalue weighted by Crippen LogP contribution is 2.33. The van der Waals surface area contributed by atoms with Gasteiger partial charge in [-0.2, -0.15) is 0 Å². The zero-order chi connectivity index (χ0) is 20.5. The number of hydrogen-bond donors (Lipinski definition) is 2. The maximum Gasteiger partial charge on any atom is 0.271 e. The van der Waals surface area contributed by atoms with E-state index in [9.17, 15) is 4.79 Å². The summed E-state index contributed by atoms with van der Waals surface area (Å²) >= 11 is 0. The maximum atomic E-state index is 12.7. The largest absolute Gasteiger partial charge is 0.384 e. The summed E-state index contributed by atoms with van der Waals surface area (Å²) in [5.41, 5.74) is 3.15. The van der Waals surface area contributed by atoms with E-state index in [0.717, 1.165) is 37.8 Å². The molecule has 1 saturated carbocycles. The Morgan fingerprint density at radius 3 is 2.93 bits per heavy atom. The predicted molar refractivity (Wildman–Crippen MR) is 119 cm³/mol. The first kappa shape index (κ1) is 19.6. The van der Waals surface area contributed by atoms with Crippen molar-refractivity contribution >= 4 is 11.6 Å². The smallest absolute Gasteiger partial charge is 0.271 e. The van der Waals surface area contributed by atoms with Crippen LogP contribution in [0.2, 0.25) is 0 Å². The van der Waals surface area contributed by atoms with Gasteiger partial charge in [-0.3, -0.25) is 9.69 Å². The van der Waals surface area contributed by atoms with Crippen LogP contribution in [0, 0.1) is 5.92 Å². The number of rotatable bonds is 5. The molecule has 160 valence electrons. The number of nitrogens with zero attached hydrogens (tertiary/aromatic N) is 3. The molecule has 3 aliphatic rings. The highest BCUT2D eigenvalue weighted by molar-refractivity contribution is 5.92. The van der Waals surface area contributed by atoms with Gasteiger partial charge in [0.1, 0.15) is 11.5 Å². The number of imidazole rings is 1. The fraction of sp³-hybridized carbons (Fsp3) is 0.583. The standard InChI is InChI=1S/C24H33N5O/c1-28-16-23-27-21(14-29(23)15-22(28)17-7-3-2-4-8-17)24(30)25-12-11-18-13-26-20-10-6-5-9-19(18)20/h5-6,9-10,14,17-18,22,26H,2-4,7-8,11-13,15-16H2,1H3,(H,25,30). The molecular formula is C24H33N5O. The van der Waals surface area contributed by atoms with E-state index in [1.807, 2.05) is 6.20 Å². The summed E-state index contributed by atoms with van der Waals surface area (Å²) < 4.78 is 2.23. The lowest BCUT2D eigenvalue weighted by Gasteiger charge is -2.40. The van der Waals surface area contributed by atoms with Gasteiger partial charge in [0.2, 0.25) is 0 Å². The molecule has 0 saturated heterocycles. The van der Waals surface area contributed by atoms with Gasteiger partial charge < -0.3 is 15.2 Å². The molecule has 1 fully saturated rings. The normalized spacial score (nSPS) is 24.2. The topological polar surface area (TPSA) is 62.2 Å². The molecule has 2 unspecified atom stereocenters. The van der Waals surface area contributed by atoms with Gasteiger partial charge >= 0.3 is 0 Å². The zero-order valence-corrected chi connectivity index (χ0v) is 17.9. The Labute approximate surface area is 179 Å². The number of nitrogens with one attached hydrogen (secondary N) is 2. The molecule has 2 N–H and O–H groups in total. The van der Waals surface area contributed by atoms with Crippen LogP contribution in [0.1, 0.15) is 66.3 Å². The lowest BCUT2D eigenvalue weighted by Crippen LogP contribution is -2.45. The summed E-state index contributed by atoms with van der Waals surface area (Å²) in [4.78, 5) is 19.8. The van der Waals surface area contributed by atoms with Crippen LogP contribution in [0.4, 0.5) is 5.69 Å². The molecule has 6 heteroatoms. The van der Waals surface area contributed by atoms with E-state index in [-0.39, 0.29) is 5.91 Å². The van der Waals surface area contributed by atoms with Gasteiger partial charge in [-0.25, -0.2) is 4.98 Å². The second-order valence-electron chi connectivity index (χ2n) is 9.28. The number of para-hydroxylation sites is 1. The van der Waals surface area contributed by atoms with Gasteiger partial charge in [0.15, 0.2) is 0 Å². The molecule has 0 bridgehead atoms. The maximum absolute atomic E-state index is 12.7. The van der Waals surface area contributed by atoms with Crippen molar-refractivity contribution in [2.75, 3.05) is 25.5 Å². The van der Waals surface area contributed by atoms with E-state index in [1.54, 1.807) is 0 Å². The molecule has 2 aromatic rings. The third kappa shape index (κ3) is 3.85. The lowest BCUT2D eigenvalue weighted by molar-refractivity contribution is 0.0947. The molecule has 1 aliphatic carbocycles. The van der Waals surface area contributed by atoms with E-state index in [4.69, 9.17) is 0 Å². The fourth-order valence-electron chi connectivity index (χ4n) is 5.62. The SMILES string of the molecule is CN1Cc2nc(C(=O)NCCC3CNc4ccccc43)cn2CC1C1CCCCC1. The van der Waals surface area contributed by atoms with Crippen LogP contribution in [0.5, 0.6) is 0 Å². The van der Waals surface area contributed by atoms with Crippen molar-refractivity contribution in [2.24, 2.45) is 5.92 Å². The average molecular weight is 408 g/mol. The van der Waals surface area contributed by atoms with E-state index >= 15 is 0 Å². The molecule has 0 radical (unpaired) electrons. The van der Waals surface area contributed by atoms with Crippen molar-refractivity contribution in [3.8, 4) is 0 Å². The second-order valence-corrected chi connectivity index (χ2v) is 9.28. The van der Waals surface area contributed by atoms with Gasteiger partial charge in [-0.1, -0.05) is 37.5 Å². The van der Waals surface area contributed by atoms with Crippen LogP contribution in [0.15, 0.2) is 30.5 Å². The van der Waals surface area contributed by atoms with E-state index in [1.165, 1.54) is 43.4 Å². The Kier molecular flexibility index (Phi) is 5.50. The lowest BCUT2D eigenvalue weighted by atomic mass is 9.83. The average Bonchev–Trinajstić information content (AvgIpc) is 3.38. The molecule has 1 aromatic carbocycles. The van der Waals surface area contributed by atoms with Crippen LogP contribution in [0.25, 0.3) is 0 Å². The predicted octanol–water partition coefficient (Wildman–Crippen LogP) is 3.61. The molecule has 6 nitrogen and oxygen atoms in total. The second kappa shape index (κ2) is 8.42. The first-order chi connectivity index (χ1) is 14.7. The molecule has 5 rings (SSSR count). The number of carbonyl (C=O) groups excluding carboxylic acids is 1. The molecule has 0 spiro atoms. The van der Waals surface area contributed by atoms with Gasteiger partial charge in [0.25, 0.3) is 5.91 Å². The van der Waals surface area contributed by atoms with Crippen molar-refractivity contribution < 1.29 is 4.79 Å². The Morgan fingerprint density at radius 1 is 1.23 bits per heavy atom. The van der Waals surface area contributed by atoms with Crippen LogP contribution < -0.4 is 10.6 Å².